The number of nitrogens with zero attached hydrogens (tertiary/aromatic N) is 6. The molecule has 1 aromatic carbocycles. The van der Waals surface area contributed by atoms with Crippen molar-refractivity contribution in [1.82, 2.24) is 29.4 Å². The number of anilines is 1. The van der Waals surface area contributed by atoms with Crippen molar-refractivity contribution in [2.24, 2.45) is 0 Å². The summed E-state index contributed by atoms with van der Waals surface area (Å²) in [5, 5.41) is 7.95. The summed E-state index contributed by atoms with van der Waals surface area (Å²) in [5.74, 6) is 1.37. The molecule has 0 aliphatic carbocycles. The lowest BCUT2D eigenvalue weighted by Gasteiger charge is -2.28. The van der Waals surface area contributed by atoms with Gasteiger partial charge in [0.1, 0.15) is 11.9 Å². The molecule has 198 valence electrons. The number of aromatic nitrogens is 4. The number of hydrogen-bond donors (Lipinski definition) is 1. The number of piperidine rings is 2. The maximum atomic E-state index is 12.5. The van der Waals surface area contributed by atoms with E-state index in [0.717, 1.165) is 68.6 Å². The SMILES string of the molecule is CC(C)c1cnn2c(NCc3cccc(OC(=O)N4CCCCC4)c3)nc(OC3CCN(C)CC3)nc12. The molecule has 0 spiro atoms. The molecule has 37 heavy (non-hydrogen) atoms. The van der Waals surface area contributed by atoms with Crippen molar-refractivity contribution in [2.75, 3.05) is 38.5 Å². The Labute approximate surface area is 218 Å². The largest absolute Gasteiger partial charge is 0.460 e. The summed E-state index contributed by atoms with van der Waals surface area (Å²) < 4.78 is 13.6. The van der Waals surface area contributed by atoms with Crippen LogP contribution in [-0.4, -0.2) is 74.8 Å². The summed E-state index contributed by atoms with van der Waals surface area (Å²) >= 11 is 0. The Morgan fingerprint density at radius 2 is 1.89 bits per heavy atom. The third-order valence-corrected chi connectivity index (χ3v) is 7.10. The number of ether oxygens (including phenoxy) is 2. The second-order valence-electron chi connectivity index (χ2n) is 10.4. The zero-order valence-electron chi connectivity index (χ0n) is 22.0. The summed E-state index contributed by atoms with van der Waals surface area (Å²) in [4.78, 5) is 26.0. The van der Waals surface area contributed by atoms with E-state index >= 15 is 0 Å². The van der Waals surface area contributed by atoms with E-state index in [1.165, 1.54) is 6.42 Å². The van der Waals surface area contributed by atoms with Crippen LogP contribution in [0.15, 0.2) is 30.5 Å². The second-order valence-corrected chi connectivity index (χ2v) is 10.4. The van der Waals surface area contributed by atoms with Crippen molar-refractivity contribution < 1.29 is 14.3 Å². The van der Waals surface area contributed by atoms with E-state index < -0.39 is 0 Å². The highest BCUT2D eigenvalue weighted by atomic mass is 16.6. The third-order valence-electron chi connectivity index (χ3n) is 7.10. The third kappa shape index (κ3) is 6.12. The fraction of sp³-hybridized carbons (Fsp3) is 0.556. The van der Waals surface area contributed by atoms with Gasteiger partial charge in [-0.25, -0.2) is 4.79 Å². The highest BCUT2D eigenvalue weighted by Gasteiger charge is 2.22. The van der Waals surface area contributed by atoms with Gasteiger partial charge in [-0.3, -0.25) is 0 Å². The minimum Gasteiger partial charge on any atom is -0.460 e. The first kappa shape index (κ1) is 25.3. The lowest BCUT2D eigenvalue weighted by molar-refractivity contribution is 0.105. The van der Waals surface area contributed by atoms with E-state index in [-0.39, 0.29) is 18.1 Å². The van der Waals surface area contributed by atoms with Crippen LogP contribution in [-0.2, 0) is 6.54 Å². The molecule has 5 rings (SSSR count). The van der Waals surface area contributed by atoms with Crippen LogP contribution >= 0.6 is 0 Å². The monoisotopic (exact) mass is 507 g/mol. The molecule has 2 fully saturated rings. The van der Waals surface area contributed by atoms with E-state index in [9.17, 15) is 4.79 Å². The highest BCUT2D eigenvalue weighted by molar-refractivity contribution is 5.70. The summed E-state index contributed by atoms with van der Waals surface area (Å²) in [6.07, 6.45) is 6.80. The Morgan fingerprint density at radius 1 is 1.11 bits per heavy atom. The average Bonchev–Trinajstić information content (AvgIpc) is 3.34. The van der Waals surface area contributed by atoms with Crippen molar-refractivity contribution in [3.63, 3.8) is 0 Å². The van der Waals surface area contributed by atoms with Crippen LogP contribution in [0.3, 0.4) is 0 Å². The summed E-state index contributed by atoms with van der Waals surface area (Å²) in [6.45, 7) is 8.25. The Hall–Kier alpha value is -3.40. The Morgan fingerprint density at radius 3 is 2.65 bits per heavy atom. The van der Waals surface area contributed by atoms with Crippen molar-refractivity contribution in [3.8, 4) is 11.8 Å². The van der Waals surface area contributed by atoms with Gasteiger partial charge >= 0.3 is 12.1 Å². The van der Waals surface area contributed by atoms with E-state index in [1.807, 2.05) is 30.5 Å². The quantitative estimate of drug-likeness (QED) is 0.505. The molecule has 0 saturated carbocycles. The maximum absolute atomic E-state index is 12.5. The van der Waals surface area contributed by atoms with Crippen LogP contribution in [0, 0.1) is 0 Å². The van der Waals surface area contributed by atoms with Crippen molar-refractivity contribution in [2.45, 2.75) is 64.5 Å². The summed E-state index contributed by atoms with van der Waals surface area (Å²) in [6, 6.07) is 7.94. The van der Waals surface area contributed by atoms with Crippen LogP contribution in [0.4, 0.5) is 10.7 Å². The molecule has 1 amide bonds. The van der Waals surface area contributed by atoms with Gasteiger partial charge < -0.3 is 24.6 Å². The summed E-state index contributed by atoms with van der Waals surface area (Å²) in [5.41, 5.74) is 2.76. The predicted octanol–water partition coefficient (Wildman–Crippen LogP) is 4.32. The zero-order chi connectivity index (χ0) is 25.8. The van der Waals surface area contributed by atoms with Gasteiger partial charge in [0.05, 0.1) is 6.20 Å². The van der Waals surface area contributed by atoms with Gasteiger partial charge in [-0.15, -0.1) is 0 Å². The number of hydrogen-bond acceptors (Lipinski definition) is 8. The lowest BCUT2D eigenvalue weighted by Crippen LogP contribution is -2.37. The van der Waals surface area contributed by atoms with Crippen LogP contribution in [0.2, 0.25) is 0 Å². The average molecular weight is 508 g/mol. The Kier molecular flexibility index (Phi) is 7.73. The molecule has 2 aliphatic heterocycles. The Bertz CT molecular complexity index is 1210. The van der Waals surface area contributed by atoms with E-state index in [0.29, 0.717) is 24.3 Å². The molecular weight excluding hydrogens is 470 g/mol. The smallest absolute Gasteiger partial charge is 0.415 e. The second kappa shape index (κ2) is 11.3. The minimum absolute atomic E-state index is 0.100. The van der Waals surface area contributed by atoms with E-state index in [4.69, 9.17) is 14.5 Å². The number of benzene rings is 1. The molecule has 0 unspecified atom stereocenters. The summed E-state index contributed by atoms with van der Waals surface area (Å²) in [7, 11) is 2.13. The first-order chi connectivity index (χ1) is 18.0. The number of likely N-dealkylation sites (tertiary alicyclic amines) is 2. The molecule has 2 aromatic heterocycles. The number of fused-ring (bicyclic) bond motifs is 1. The topological polar surface area (TPSA) is 97.1 Å². The van der Waals surface area contributed by atoms with Crippen LogP contribution < -0.4 is 14.8 Å². The normalized spacial score (nSPS) is 17.4. The molecular formula is C27H37N7O3. The Balaban J connectivity index is 1.32. The fourth-order valence-corrected chi connectivity index (χ4v) is 4.84. The molecule has 3 aromatic rings. The van der Waals surface area contributed by atoms with Crippen molar-refractivity contribution in [1.29, 1.82) is 0 Å². The van der Waals surface area contributed by atoms with Crippen molar-refractivity contribution >= 4 is 17.7 Å². The molecule has 0 bridgehead atoms. The van der Waals surface area contributed by atoms with E-state index in [1.54, 1.807) is 9.42 Å². The van der Waals surface area contributed by atoms with Gasteiger partial charge in [-0.05, 0) is 62.8 Å². The standard InChI is InChI=1S/C27H37N7O3/c1-19(2)23-18-29-34-24(23)30-26(36-21-10-14-32(3)15-11-21)31-25(34)28-17-20-8-7-9-22(16-20)37-27(35)33-12-5-4-6-13-33/h7-9,16,18-19,21H,4-6,10-15,17H2,1-3H3,(H,28,30,31). The van der Waals surface area contributed by atoms with E-state index in [2.05, 4.69) is 41.2 Å². The number of carbonyl (C=O) groups is 1. The van der Waals surface area contributed by atoms with Crippen molar-refractivity contribution in [3.05, 3.63) is 41.6 Å². The van der Waals surface area contributed by atoms with Gasteiger partial charge in [0.25, 0.3) is 0 Å². The minimum atomic E-state index is -0.282. The number of amides is 1. The fourth-order valence-electron chi connectivity index (χ4n) is 4.84. The van der Waals surface area contributed by atoms with Crippen LogP contribution in [0.5, 0.6) is 11.8 Å². The van der Waals surface area contributed by atoms with Crippen LogP contribution in [0.25, 0.3) is 5.65 Å². The highest BCUT2D eigenvalue weighted by Crippen LogP contribution is 2.25. The molecule has 10 heteroatoms. The predicted molar refractivity (Wildman–Crippen MR) is 141 cm³/mol. The number of nitrogens with one attached hydrogen (secondary N) is 1. The van der Waals surface area contributed by atoms with Gasteiger partial charge in [0, 0.05) is 38.3 Å². The molecule has 0 radical (unpaired) electrons. The first-order valence-corrected chi connectivity index (χ1v) is 13.4. The molecule has 1 N–H and O–H groups in total. The van der Waals surface area contributed by atoms with Gasteiger partial charge in [0.2, 0.25) is 5.95 Å². The molecule has 10 nitrogen and oxygen atoms in total. The molecule has 4 heterocycles. The van der Waals surface area contributed by atoms with Gasteiger partial charge in [-0.1, -0.05) is 26.0 Å². The molecule has 0 atom stereocenters. The number of carbonyl (C=O) groups excluding carboxylic acids is 1. The maximum Gasteiger partial charge on any atom is 0.415 e. The lowest BCUT2D eigenvalue weighted by atomic mass is 10.1. The first-order valence-electron chi connectivity index (χ1n) is 13.4. The van der Waals surface area contributed by atoms with Gasteiger partial charge in [0.15, 0.2) is 5.65 Å². The molecule has 2 saturated heterocycles. The van der Waals surface area contributed by atoms with Gasteiger partial charge in [-0.2, -0.15) is 19.6 Å². The molecule has 2 aliphatic rings. The number of rotatable bonds is 7. The zero-order valence-corrected chi connectivity index (χ0v) is 22.0. The van der Waals surface area contributed by atoms with Crippen LogP contribution in [0.1, 0.15) is 63.0 Å².